The first kappa shape index (κ1) is 14.9. The summed E-state index contributed by atoms with van der Waals surface area (Å²) in [6, 6.07) is 15.8. The van der Waals surface area contributed by atoms with Crippen molar-refractivity contribution in [2.45, 2.75) is 19.9 Å². The lowest BCUT2D eigenvalue weighted by atomic mass is 10.2. The molecule has 2 aromatic heterocycles. The van der Waals surface area contributed by atoms with Crippen LogP contribution in [0.3, 0.4) is 0 Å². The molecule has 0 fully saturated rings. The Bertz CT molecular complexity index is 1040. The molecular weight excluding hydrogens is 322 g/mol. The Morgan fingerprint density at radius 3 is 2.54 bits per heavy atom. The van der Waals surface area contributed by atoms with Crippen LogP contribution in [-0.4, -0.2) is 25.6 Å². The van der Waals surface area contributed by atoms with Crippen LogP contribution in [0.2, 0.25) is 5.02 Å². The van der Waals surface area contributed by atoms with Crippen molar-refractivity contribution in [1.82, 2.24) is 19.6 Å². The van der Waals surface area contributed by atoms with E-state index in [1.54, 1.807) is 0 Å². The zero-order chi connectivity index (χ0) is 16.7. The van der Waals surface area contributed by atoms with E-state index in [2.05, 4.69) is 29.4 Å². The Morgan fingerprint density at radius 2 is 1.75 bits per heavy atom. The molecule has 0 saturated heterocycles. The van der Waals surface area contributed by atoms with Crippen molar-refractivity contribution in [3.05, 3.63) is 53.6 Å². The maximum absolute atomic E-state index is 6.37. The fourth-order valence-corrected chi connectivity index (χ4v) is 2.98. The van der Waals surface area contributed by atoms with Crippen LogP contribution in [0.1, 0.15) is 13.8 Å². The lowest BCUT2D eigenvalue weighted by molar-refractivity contribution is 0.869. The van der Waals surface area contributed by atoms with Crippen molar-refractivity contribution in [2.24, 2.45) is 0 Å². The smallest absolute Gasteiger partial charge is 0.211 e. The number of halogens is 1. The molecule has 24 heavy (non-hydrogen) atoms. The lowest BCUT2D eigenvalue weighted by Crippen LogP contribution is -2.15. The van der Waals surface area contributed by atoms with E-state index in [0.29, 0.717) is 16.8 Å². The van der Waals surface area contributed by atoms with Gasteiger partial charge in [0.25, 0.3) is 0 Å². The zero-order valence-electron chi connectivity index (χ0n) is 13.4. The van der Waals surface area contributed by atoms with Gasteiger partial charge in [-0.15, -0.1) is 10.2 Å². The van der Waals surface area contributed by atoms with Crippen molar-refractivity contribution < 1.29 is 0 Å². The molecule has 5 nitrogen and oxygen atoms in total. The topological polar surface area (TPSA) is 55.1 Å². The molecular formula is C18H16ClN5. The van der Waals surface area contributed by atoms with E-state index in [1.807, 2.05) is 52.9 Å². The molecule has 2 heterocycles. The van der Waals surface area contributed by atoms with E-state index in [-0.39, 0.29) is 6.04 Å². The monoisotopic (exact) mass is 337 g/mol. The van der Waals surface area contributed by atoms with Crippen LogP contribution in [0.15, 0.2) is 48.5 Å². The zero-order valence-corrected chi connectivity index (χ0v) is 14.1. The quantitative estimate of drug-likeness (QED) is 0.601. The standard InChI is InChI=1S/C18H16ClN5/c1-11(2)20-18-21-15-10-6-4-8-13(15)17-23-22-16(24(17)18)12-7-3-5-9-14(12)19/h3-11H,1-2H3,(H,20,21). The van der Waals surface area contributed by atoms with Gasteiger partial charge in [0, 0.05) is 17.0 Å². The summed E-state index contributed by atoms with van der Waals surface area (Å²) in [5.74, 6) is 1.38. The van der Waals surface area contributed by atoms with Gasteiger partial charge in [-0.05, 0) is 38.1 Å². The molecule has 4 rings (SSSR count). The molecule has 1 N–H and O–H groups in total. The Labute approximate surface area is 144 Å². The minimum absolute atomic E-state index is 0.225. The summed E-state index contributed by atoms with van der Waals surface area (Å²) < 4.78 is 1.93. The van der Waals surface area contributed by atoms with Gasteiger partial charge in [0.05, 0.1) is 10.5 Å². The van der Waals surface area contributed by atoms with Crippen molar-refractivity contribution in [3.8, 4) is 11.4 Å². The molecule has 0 spiro atoms. The third-order valence-electron chi connectivity index (χ3n) is 3.78. The number of anilines is 1. The van der Waals surface area contributed by atoms with Gasteiger partial charge in [0.15, 0.2) is 11.5 Å². The molecule has 4 aromatic rings. The highest BCUT2D eigenvalue weighted by Gasteiger charge is 2.18. The minimum atomic E-state index is 0.225. The van der Waals surface area contributed by atoms with Crippen LogP contribution < -0.4 is 5.32 Å². The van der Waals surface area contributed by atoms with Gasteiger partial charge in [-0.3, -0.25) is 0 Å². The van der Waals surface area contributed by atoms with E-state index in [4.69, 9.17) is 16.6 Å². The average Bonchev–Trinajstić information content (AvgIpc) is 3.00. The number of fused-ring (bicyclic) bond motifs is 3. The van der Waals surface area contributed by atoms with E-state index in [0.717, 1.165) is 22.1 Å². The number of aromatic nitrogens is 4. The van der Waals surface area contributed by atoms with Gasteiger partial charge in [-0.1, -0.05) is 35.9 Å². The van der Waals surface area contributed by atoms with Crippen LogP contribution in [0.4, 0.5) is 5.95 Å². The van der Waals surface area contributed by atoms with Gasteiger partial charge in [-0.2, -0.15) is 0 Å². The summed E-state index contributed by atoms with van der Waals surface area (Å²) in [5.41, 5.74) is 2.47. The first-order chi connectivity index (χ1) is 11.6. The Morgan fingerprint density at radius 1 is 1.00 bits per heavy atom. The Balaban J connectivity index is 2.09. The van der Waals surface area contributed by atoms with Crippen molar-refractivity contribution in [2.75, 3.05) is 5.32 Å². The molecule has 0 unspecified atom stereocenters. The highest BCUT2D eigenvalue weighted by molar-refractivity contribution is 6.33. The maximum Gasteiger partial charge on any atom is 0.211 e. The summed E-state index contributed by atoms with van der Waals surface area (Å²) in [4.78, 5) is 4.76. The highest BCUT2D eigenvalue weighted by atomic mass is 35.5. The van der Waals surface area contributed by atoms with E-state index in [9.17, 15) is 0 Å². The average molecular weight is 338 g/mol. The molecule has 0 atom stereocenters. The summed E-state index contributed by atoms with van der Waals surface area (Å²) >= 11 is 6.37. The van der Waals surface area contributed by atoms with E-state index < -0.39 is 0 Å². The molecule has 6 heteroatoms. The van der Waals surface area contributed by atoms with Crippen LogP contribution in [-0.2, 0) is 0 Å². The van der Waals surface area contributed by atoms with Crippen LogP contribution in [0.25, 0.3) is 27.9 Å². The lowest BCUT2D eigenvalue weighted by Gasteiger charge is -2.14. The second-order valence-corrected chi connectivity index (χ2v) is 6.32. The normalized spacial score (nSPS) is 11.5. The molecule has 2 aromatic carbocycles. The number of nitrogens with zero attached hydrogens (tertiary/aromatic N) is 4. The third-order valence-corrected chi connectivity index (χ3v) is 4.11. The Kier molecular flexibility index (Phi) is 3.58. The summed E-state index contributed by atoms with van der Waals surface area (Å²) in [6.07, 6.45) is 0. The molecule has 0 saturated carbocycles. The molecule has 0 radical (unpaired) electrons. The van der Waals surface area contributed by atoms with Crippen molar-refractivity contribution in [1.29, 1.82) is 0 Å². The molecule has 0 aliphatic carbocycles. The molecule has 0 amide bonds. The number of para-hydroxylation sites is 1. The second-order valence-electron chi connectivity index (χ2n) is 5.91. The summed E-state index contributed by atoms with van der Waals surface area (Å²) in [7, 11) is 0. The number of hydrogen-bond donors (Lipinski definition) is 1. The largest absolute Gasteiger partial charge is 0.353 e. The first-order valence-electron chi connectivity index (χ1n) is 7.80. The minimum Gasteiger partial charge on any atom is -0.353 e. The van der Waals surface area contributed by atoms with E-state index in [1.165, 1.54) is 0 Å². The maximum atomic E-state index is 6.37. The molecule has 0 bridgehead atoms. The van der Waals surface area contributed by atoms with Crippen LogP contribution in [0, 0.1) is 0 Å². The molecule has 120 valence electrons. The fourth-order valence-electron chi connectivity index (χ4n) is 2.76. The SMILES string of the molecule is CC(C)Nc1nc2ccccc2c2nnc(-c3ccccc3Cl)n12. The van der Waals surface area contributed by atoms with E-state index >= 15 is 0 Å². The van der Waals surface area contributed by atoms with Crippen LogP contribution >= 0.6 is 11.6 Å². The number of rotatable bonds is 3. The summed E-state index contributed by atoms with van der Waals surface area (Å²) in [5, 5.41) is 13.8. The highest BCUT2D eigenvalue weighted by Crippen LogP contribution is 2.30. The second kappa shape index (κ2) is 5.76. The van der Waals surface area contributed by atoms with Crippen molar-refractivity contribution >= 4 is 34.1 Å². The predicted octanol–water partition coefficient (Wildman–Crippen LogP) is 4.42. The number of benzene rings is 2. The molecule has 0 aliphatic rings. The van der Waals surface area contributed by atoms with Gasteiger partial charge < -0.3 is 5.32 Å². The van der Waals surface area contributed by atoms with Gasteiger partial charge in [0.2, 0.25) is 5.95 Å². The van der Waals surface area contributed by atoms with Gasteiger partial charge in [0.1, 0.15) is 0 Å². The summed E-state index contributed by atoms with van der Waals surface area (Å²) in [6.45, 7) is 4.14. The fraction of sp³-hybridized carbons (Fsp3) is 0.167. The van der Waals surface area contributed by atoms with Gasteiger partial charge >= 0.3 is 0 Å². The first-order valence-corrected chi connectivity index (χ1v) is 8.18. The third kappa shape index (κ3) is 2.37. The number of hydrogen-bond acceptors (Lipinski definition) is 4. The Hall–Kier alpha value is -2.66. The molecule has 0 aliphatic heterocycles. The predicted molar refractivity (Wildman–Crippen MR) is 97.5 cm³/mol. The van der Waals surface area contributed by atoms with Crippen LogP contribution in [0.5, 0.6) is 0 Å². The van der Waals surface area contributed by atoms with Crippen molar-refractivity contribution in [3.63, 3.8) is 0 Å². The number of nitrogens with one attached hydrogen (secondary N) is 1. The van der Waals surface area contributed by atoms with Gasteiger partial charge in [-0.25, -0.2) is 9.38 Å².